The summed E-state index contributed by atoms with van der Waals surface area (Å²) in [5, 5.41) is 49.8. The quantitative estimate of drug-likeness (QED) is 0.349. The van der Waals surface area contributed by atoms with Gasteiger partial charge in [-0.2, -0.15) is 5.23 Å². The van der Waals surface area contributed by atoms with Gasteiger partial charge in [0.05, 0.1) is 6.61 Å². The van der Waals surface area contributed by atoms with Crippen LogP contribution in [0.4, 0.5) is 11.4 Å². The molecule has 1 fully saturated rings. The van der Waals surface area contributed by atoms with Crippen molar-refractivity contribution in [3.05, 3.63) is 29.5 Å². The minimum Gasteiger partial charge on any atom is -0.595 e. The van der Waals surface area contributed by atoms with E-state index in [1.807, 2.05) is 0 Å². The Morgan fingerprint density at radius 1 is 1.16 bits per heavy atom. The minimum absolute atomic E-state index is 0.0941. The summed E-state index contributed by atoms with van der Waals surface area (Å²) in [7, 11) is 0. The van der Waals surface area contributed by atoms with Crippen molar-refractivity contribution in [1.29, 1.82) is 0 Å². The highest BCUT2D eigenvalue weighted by Crippen LogP contribution is 2.19. The molecule has 6 N–H and O–H groups in total. The lowest BCUT2D eigenvalue weighted by molar-refractivity contribution is -0.991. The molecule has 1 aromatic rings. The van der Waals surface area contributed by atoms with E-state index in [2.05, 4.69) is 5.32 Å². The first-order valence-electron chi connectivity index (χ1n) is 5.74. The lowest BCUT2D eigenvalue weighted by Gasteiger charge is -2.35. The van der Waals surface area contributed by atoms with Crippen LogP contribution in [0, 0.1) is 5.21 Å². The van der Waals surface area contributed by atoms with Crippen LogP contribution in [0.2, 0.25) is 0 Å². The number of aliphatic hydroxyl groups is 3. The van der Waals surface area contributed by atoms with E-state index >= 15 is 0 Å². The van der Waals surface area contributed by atoms with Gasteiger partial charge in [-0.05, 0) is 12.1 Å². The molecule has 0 saturated carbocycles. The van der Waals surface area contributed by atoms with E-state index in [4.69, 9.17) is 9.94 Å². The van der Waals surface area contributed by atoms with Gasteiger partial charge in [-0.25, -0.2) is 5.21 Å². The van der Waals surface area contributed by atoms with Crippen molar-refractivity contribution in [1.82, 2.24) is 0 Å². The van der Waals surface area contributed by atoms with E-state index in [1.54, 1.807) is 0 Å². The maximum absolute atomic E-state index is 10.7. The molecule has 1 aliphatic rings. The number of hydrogen-bond donors (Lipinski definition) is 6. The maximum Gasteiger partial charge on any atom is 0.163 e. The largest absolute Gasteiger partial charge is 0.595 e. The van der Waals surface area contributed by atoms with Crippen LogP contribution in [0.15, 0.2) is 24.3 Å². The molecule has 0 bridgehead atoms. The molecular formula is C11H16N2O6. The molecule has 1 aliphatic heterocycles. The standard InChI is InChI=1S/C11H16N2O6/c14-8-5-19-11(10(16)9(8)15)12-6-1-3-7(4-2-6)13(17)18/h1-4,8-17H,5H2/t8-,9-,10+,11?/m0/s1. The van der Waals surface area contributed by atoms with Crippen molar-refractivity contribution in [2.24, 2.45) is 0 Å². The number of anilines is 1. The Kier molecular flexibility index (Phi) is 4.32. The predicted molar refractivity (Wildman–Crippen MR) is 63.6 cm³/mol. The van der Waals surface area contributed by atoms with Crippen LogP contribution in [-0.2, 0) is 4.74 Å². The number of quaternary nitrogens is 1. The third-order valence-corrected chi connectivity index (χ3v) is 2.94. The summed E-state index contributed by atoms with van der Waals surface area (Å²) in [5.74, 6) is 0. The Morgan fingerprint density at radius 3 is 2.37 bits per heavy atom. The topological polar surface area (TPSA) is 130 Å². The minimum atomic E-state index is -1.29. The van der Waals surface area contributed by atoms with E-state index < -0.39 is 29.8 Å². The molecule has 106 valence electrons. The molecule has 8 nitrogen and oxygen atoms in total. The third kappa shape index (κ3) is 3.19. The summed E-state index contributed by atoms with van der Waals surface area (Å²) >= 11 is 0. The zero-order valence-electron chi connectivity index (χ0n) is 9.93. The van der Waals surface area contributed by atoms with Crippen molar-refractivity contribution in [2.45, 2.75) is 24.5 Å². The molecule has 1 aromatic carbocycles. The molecule has 1 saturated heterocycles. The molecule has 0 amide bonds. The van der Waals surface area contributed by atoms with E-state index in [0.717, 1.165) is 0 Å². The van der Waals surface area contributed by atoms with Crippen molar-refractivity contribution >= 4 is 11.4 Å². The Labute approximate surface area is 109 Å². The van der Waals surface area contributed by atoms with Crippen LogP contribution >= 0.6 is 0 Å². The first kappa shape index (κ1) is 14.2. The number of nitrogens with one attached hydrogen (secondary N) is 2. The predicted octanol–water partition coefficient (Wildman–Crippen LogP) is -2.06. The van der Waals surface area contributed by atoms with Gasteiger partial charge in [-0.15, -0.1) is 0 Å². The lowest BCUT2D eigenvalue weighted by atomic mass is 10.0. The second-order valence-corrected chi connectivity index (χ2v) is 4.33. The van der Waals surface area contributed by atoms with Gasteiger partial charge in [0.25, 0.3) is 0 Å². The molecule has 2 rings (SSSR count). The Morgan fingerprint density at radius 2 is 1.79 bits per heavy atom. The molecule has 0 aliphatic carbocycles. The summed E-state index contributed by atoms with van der Waals surface area (Å²) in [6, 6.07) is 5.87. The Bertz CT molecular complexity index is 412. The summed E-state index contributed by atoms with van der Waals surface area (Å²) in [6.45, 7) is -0.0941. The second kappa shape index (κ2) is 5.80. The smallest absolute Gasteiger partial charge is 0.163 e. The highest BCUT2D eigenvalue weighted by Gasteiger charge is 2.37. The zero-order chi connectivity index (χ0) is 14.0. The second-order valence-electron chi connectivity index (χ2n) is 4.33. The fourth-order valence-corrected chi connectivity index (χ4v) is 1.81. The summed E-state index contributed by atoms with van der Waals surface area (Å²) < 4.78 is 5.17. The molecule has 1 heterocycles. The van der Waals surface area contributed by atoms with Crippen LogP contribution in [0.5, 0.6) is 0 Å². The normalized spacial score (nSPS) is 32.9. The molecule has 19 heavy (non-hydrogen) atoms. The van der Waals surface area contributed by atoms with Gasteiger partial charge in [0.15, 0.2) is 11.9 Å². The Hall–Kier alpha value is -1.26. The van der Waals surface area contributed by atoms with Gasteiger partial charge in [0.1, 0.15) is 18.3 Å². The van der Waals surface area contributed by atoms with Crippen LogP contribution in [0.25, 0.3) is 0 Å². The number of benzene rings is 1. The Balaban J connectivity index is 2.01. The SMILES string of the molecule is [O-][NH+](O)c1ccc(NC2OC[C@H](O)[C@H](O)[C@H]2O)cc1. The van der Waals surface area contributed by atoms with Crippen LogP contribution < -0.4 is 10.5 Å². The van der Waals surface area contributed by atoms with Gasteiger partial charge in [0.2, 0.25) is 0 Å². The van der Waals surface area contributed by atoms with Crippen LogP contribution in [0.1, 0.15) is 0 Å². The van der Waals surface area contributed by atoms with E-state index in [-0.39, 0.29) is 12.3 Å². The first-order valence-corrected chi connectivity index (χ1v) is 5.74. The number of aliphatic hydroxyl groups excluding tert-OH is 3. The van der Waals surface area contributed by atoms with Crippen LogP contribution in [0.3, 0.4) is 0 Å². The summed E-state index contributed by atoms with van der Waals surface area (Å²) in [5.41, 5.74) is 0.684. The monoisotopic (exact) mass is 272 g/mol. The van der Waals surface area contributed by atoms with Gasteiger partial charge in [-0.3, -0.25) is 0 Å². The van der Waals surface area contributed by atoms with E-state index in [1.165, 1.54) is 24.3 Å². The third-order valence-electron chi connectivity index (χ3n) is 2.94. The molecule has 8 heteroatoms. The van der Waals surface area contributed by atoms with Crippen LogP contribution in [-0.4, -0.2) is 51.7 Å². The fraction of sp³-hybridized carbons (Fsp3) is 0.455. The molecule has 0 aromatic heterocycles. The lowest BCUT2D eigenvalue weighted by Crippen LogP contribution is -2.99. The fourth-order valence-electron chi connectivity index (χ4n) is 1.81. The van der Waals surface area contributed by atoms with Gasteiger partial charge >= 0.3 is 0 Å². The highest BCUT2D eigenvalue weighted by atomic mass is 16.8. The van der Waals surface area contributed by atoms with Crippen molar-refractivity contribution < 1.29 is 30.5 Å². The number of ether oxygens (including phenoxy) is 1. The number of hydrogen-bond acceptors (Lipinski definition) is 7. The summed E-state index contributed by atoms with van der Waals surface area (Å²) in [6.07, 6.45) is -4.55. The molecule has 0 radical (unpaired) electrons. The zero-order valence-corrected chi connectivity index (χ0v) is 9.93. The van der Waals surface area contributed by atoms with Gasteiger partial charge in [0, 0.05) is 17.8 Å². The first-order chi connectivity index (χ1) is 8.99. The van der Waals surface area contributed by atoms with Crippen molar-refractivity contribution in [3.8, 4) is 0 Å². The van der Waals surface area contributed by atoms with E-state index in [0.29, 0.717) is 5.69 Å². The van der Waals surface area contributed by atoms with Gasteiger partial charge in [-0.1, -0.05) is 0 Å². The maximum atomic E-state index is 10.7. The number of rotatable bonds is 3. The van der Waals surface area contributed by atoms with Gasteiger partial charge < -0.3 is 30.6 Å². The van der Waals surface area contributed by atoms with E-state index in [9.17, 15) is 20.5 Å². The summed E-state index contributed by atoms with van der Waals surface area (Å²) in [4.78, 5) is 0. The molecule has 5 atom stereocenters. The average molecular weight is 272 g/mol. The van der Waals surface area contributed by atoms with Crippen molar-refractivity contribution in [3.63, 3.8) is 0 Å². The molecule has 0 spiro atoms. The highest BCUT2D eigenvalue weighted by molar-refractivity contribution is 5.48. The molecule has 2 unspecified atom stereocenters. The molecular weight excluding hydrogens is 256 g/mol. The van der Waals surface area contributed by atoms with Crippen molar-refractivity contribution in [2.75, 3.05) is 11.9 Å². The average Bonchev–Trinajstić information content (AvgIpc) is 2.40.